The Morgan fingerprint density at radius 1 is 1.19 bits per heavy atom. The first-order chi connectivity index (χ1) is 12.7. The molecule has 0 radical (unpaired) electrons. The second-order valence-corrected chi connectivity index (χ2v) is 7.72. The molecule has 0 aliphatic carbocycles. The van der Waals surface area contributed by atoms with E-state index in [1.54, 1.807) is 38.1 Å². The van der Waals surface area contributed by atoms with Gasteiger partial charge in [-0.05, 0) is 44.5 Å². The molecule has 27 heavy (non-hydrogen) atoms. The molecule has 8 nitrogen and oxygen atoms in total. The molecule has 0 N–H and O–H groups in total. The maximum atomic E-state index is 13.2. The SMILES string of the molecule is CCOC(=O)CN(c1cccc(C)c1)S(=O)(=O)c1ccc(C)c([N+](=O)[O-])c1. The Morgan fingerprint density at radius 2 is 1.89 bits per heavy atom. The van der Waals surface area contributed by atoms with Crippen LogP contribution >= 0.6 is 0 Å². The molecule has 2 rings (SSSR count). The lowest BCUT2D eigenvalue weighted by molar-refractivity contribution is -0.385. The number of nitro groups is 1. The quantitative estimate of drug-likeness (QED) is 0.407. The predicted molar refractivity (Wildman–Crippen MR) is 100 cm³/mol. The Bertz CT molecular complexity index is 972. The molecule has 0 aliphatic heterocycles. The molecular formula is C18H20N2O6S. The van der Waals surface area contributed by atoms with Crippen LogP contribution in [0.3, 0.4) is 0 Å². The van der Waals surface area contributed by atoms with E-state index >= 15 is 0 Å². The van der Waals surface area contributed by atoms with Crippen molar-refractivity contribution in [1.29, 1.82) is 0 Å². The third-order valence-electron chi connectivity index (χ3n) is 3.83. The van der Waals surface area contributed by atoms with Crippen molar-refractivity contribution in [3.63, 3.8) is 0 Å². The van der Waals surface area contributed by atoms with E-state index in [0.29, 0.717) is 5.56 Å². The maximum Gasteiger partial charge on any atom is 0.326 e. The molecule has 2 aromatic carbocycles. The lowest BCUT2D eigenvalue weighted by Crippen LogP contribution is -2.36. The maximum absolute atomic E-state index is 13.2. The molecule has 144 valence electrons. The molecule has 0 saturated heterocycles. The van der Waals surface area contributed by atoms with Crippen molar-refractivity contribution in [3.8, 4) is 0 Å². The largest absolute Gasteiger partial charge is 0.465 e. The number of benzene rings is 2. The molecule has 0 fully saturated rings. The molecule has 0 amide bonds. The second-order valence-electron chi connectivity index (χ2n) is 5.86. The van der Waals surface area contributed by atoms with E-state index in [9.17, 15) is 23.3 Å². The van der Waals surface area contributed by atoms with Crippen LogP contribution in [-0.2, 0) is 19.6 Å². The van der Waals surface area contributed by atoms with E-state index in [0.717, 1.165) is 15.9 Å². The smallest absolute Gasteiger partial charge is 0.326 e. The summed E-state index contributed by atoms with van der Waals surface area (Å²) in [4.78, 5) is 22.2. The van der Waals surface area contributed by atoms with Crippen molar-refractivity contribution in [1.82, 2.24) is 0 Å². The monoisotopic (exact) mass is 392 g/mol. The molecule has 2 aromatic rings. The summed E-state index contributed by atoms with van der Waals surface area (Å²) in [6.07, 6.45) is 0. The molecular weight excluding hydrogens is 372 g/mol. The number of aryl methyl sites for hydroxylation is 2. The van der Waals surface area contributed by atoms with Crippen LogP contribution in [0.5, 0.6) is 0 Å². The summed E-state index contributed by atoms with van der Waals surface area (Å²) < 4.78 is 32.1. The Hall–Kier alpha value is -2.94. The van der Waals surface area contributed by atoms with E-state index < -0.39 is 27.5 Å². The minimum Gasteiger partial charge on any atom is -0.465 e. The van der Waals surface area contributed by atoms with Gasteiger partial charge in [0.25, 0.3) is 15.7 Å². The molecule has 9 heteroatoms. The highest BCUT2D eigenvalue weighted by molar-refractivity contribution is 7.92. The van der Waals surface area contributed by atoms with Crippen molar-refractivity contribution in [2.45, 2.75) is 25.7 Å². The van der Waals surface area contributed by atoms with Gasteiger partial charge in [0.1, 0.15) is 6.54 Å². The standard InChI is InChI=1S/C18H20N2O6S/c1-4-26-18(21)12-19(15-7-5-6-13(2)10-15)27(24,25)16-9-8-14(3)17(11-16)20(22)23/h5-11H,4,12H2,1-3H3. The van der Waals surface area contributed by atoms with Gasteiger partial charge in [-0.15, -0.1) is 0 Å². The zero-order chi connectivity index (χ0) is 20.2. The van der Waals surface area contributed by atoms with E-state index in [1.807, 2.05) is 0 Å². The summed E-state index contributed by atoms with van der Waals surface area (Å²) in [5.41, 5.74) is 1.10. The van der Waals surface area contributed by atoms with E-state index in [4.69, 9.17) is 4.74 Å². The van der Waals surface area contributed by atoms with Gasteiger partial charge in [-0.2, -0.15) is 0 Å². The van der Waals surface area contributed by atoms with Gasteiger partial charge >= 0.3 is 5.97 Å². The molecule has 0 atom stereocenters. The number of ether oxygens (including phenoxy) is 1. The normalized spacial score (nSPS) is 11.1. The fraction of sp³-hybridized carbons (Fsp3) is 0.278. The highest BCUT2D eigenvalue weighted by Crippen LogP contribution is 2.28. The number of sulfonamides is 1. The number of anilines is 1. The fourth-order valence-electron chi connectivity index (χ4n) is 2.50. The molecule has 0 aliphatic rings. The molecule has 0 spiro atoms. The highest BCUT2D eigenvalue weighted by Gasteiger charge is 2.29. The van der Waals surface area contributed by atoms with Crippen molar-refractivity contribution in [3.05, 3.63) is 63.7 Å². The summed E-state index contributed by atoms with van der Waals surface area (Å²) in [6.45, 7) is 4.49. The summed E-state index contributed by atoms with van der Waals surface area (Å²) in [5, 5.41) is 11.2. The lowest BCUT2D eigenvalue weighted by Gasteiger charge is -2.24. The third-order valence-corrected chi connectivity index (χ3v) is 5.60. The van der Waals surface area contributed by atoms with Gasteiger partial charge in [-0.25, -0.2) is 8.42 Å². The molecule has 0 heterocycles. The number of esters is 1. The van der Waals surface area contributed by atoms with Crippen LogP contribution in [0.1, 0.15) is 18.1 Å². The van der Waals surface area contributed by atoms with E-state index in [1.165, 1.54) is 19.1 Å². The topological polar surface area (TPSA) is 107 Å². The Morgan fingerprint density at radius 3 is 2.48 bits per heavy atom. The van der Waals surface area contributed by atoms with Crippen molar-refractivity contribution < 1.29 is 22.9 Å². The van der Waals surface area contributed by atoms with Gasteiger partial charge in [0.05, 0.1) is 22.1 Å². The average Bonchev–Trinajstić information content (AvgIpc) is 2.59. The average molecular weight is 392 g/mol. The molecule has 0 unspecified atom stereocenters. The van der Waals surface area contributed by atoms with Crippen LogP contribution in [-0.4, -0.2) is 32.5 Å². The van der Waals surface area contributed by atoms with Gasteiger partial charge in [0.15, 0.2) is 0 Å². The molecule has 0 aromatic heterocycles. The number of hydrogen-bond donors (Lipinski definition) is 0. The first-order valence-electron chi connectivity index (χ1n) is 8.17. The van der Waals surface area contributed by atoms with E-state index in [2.05, 4.69) is 0 Å². The van der Waals surface area contributed by atoms with Gasteiger partial charge < -0.3 is 4.74 Å². The number of carbonyl (C=O) groups is 1. The number of hydrogen-bond acceptors (Lipinski definition) is 6. The van der Waals surface area contributed by atoms with Crippen molar-refractivity contribution >= 4 is 27.4 Å². The van der Waals surface area contributed by atoms with Gasteiger partial charge in [0, 0.05) is 11.6 Å². The van der Waals surface area contributed by atoms with Crippen LogP contribution in [0.15, 0.2) is 47.4 Å². The number of nitro benzene ring substituents is 1. The summed E-state index contributed by atoms with van der Waals surface area (Å²) >= 11 is 0. The molecule has 0 bridgehead atoms. The van der Waals surface area contributed by atoms with Gasteiger partial charge in [-0.1, -0.05) is 18.2 Å². The van der Waals surface area contributed by atoms with Crippen molar-refractivity contribution in [2.24, 2.45) is 0 Å². The Kier molecular flexibility index (Phi) is 6.17. The predicted octanol–water partition coefficient (Wildman–Crippen LogP) is 2.97. The zero-order valence-corrected chi connectivity index (χ0v) is 16.0. The van der Waals surface area contributed by atoms with Gasteiger partial charge in [0.2, 0.25) is 0 Å². The number of nitrogens with zero attached hydrogens (tertiary/aromatic N) is 2. The van der Waals surface area contributed by atoms with Crippen LogP contribution in [0.4, 0.5) is 11.4 Å². The molecule has 0 saturated carbocycles. The van der Waals surface area contributed by atoms with Crippen LogP contribution < -0.4 is 4.31 Å². The van der Waals surface area contributed by atoms with Crippen LogP contribution in [0.2, 0.25) is 0 Å². The minimum atomic E-state index is -4.23. The lowest BCUT2D eigenvalue weighted by atomic mass is 10.2. The van der Waals surface area contributed by atoms with E-state index in [-0.39, 0.29) is 22.9 Å². The number of carbonyl (C=O) groups excluding carboxylic acids is 1. The first kappa shape index (κ1) is 20.4. The summed E-state index contributed by atoms with van der Waals surface area (Å²) in [6, 6.07) is 10.3. The summed E-state index contributed by atoms with van der Waals surface area (Å²) in [5.74, 6) is -0.718. The summed E-state index contributed by atoms with van der Waals surface area (Å²) in [7, 11) is -4.23. The fourth-order valence-corrected chi connectivity index (χ4v) is 3.92. The van der Waals surface area contributed by atoms with Crippen LogP contribution in [0, 0.1) is 24.0 Å². The zero-order valence-electron chi connectivity index (χ0n) is 15.2. The highest BCUT2D eigenvalue weighted by atomic mass is 32.2. The Balaban J connectivity index is 2.58. The van der Waals surface area contributed by atoms with Crippen LogP contribution in [0.25, 0.3) is 0 Å². The van der Waals surface area contributed by atoms with Crippen molar-refractivity contribution in [2.75, 3.05) is 17.5 Å². The minimum absolute atomic E-state index is 0.108. The Labute approximate surface area is 157 Å². The second kappa shape index (κ2) is 8.17. The van der Waals surface area contributed by atoms with Gasteiger partial charge in [-0.3, -0.25) is 19.2 Å². The first-order valence-corrected chi connectivity index (χ1v) is 9.61. The third kappa shape index (κ3) is 4.62. The number of rotatable bonds is 7.